The van der Waals surface area contributed by atoms with Crippen molar-refractivity contribution in [2.75, 3.05) is 33.0 Å². The summed E-state index contributed by atoms with van der Waals surface area (Å²) < 4.78 is 10.8. The van der Waals surface area contributed by atoms with E-state index >= 15 is 0 Å². The number of aliphatic hydroxyl groups is 1. The number of ketones is 1. The largest absolute Gasteiger partial charge is 0.507 e. The first-order chi connectivity index (χ1) is 16.3. The summed E-state index contributed by atoms with van der Waals surface area (Å²) in [5.74, 6) is -0.0358. The van der Waals surface area contributed by atoms with E-state index in [1.54, 1.807) is 23.1 Å². The Morgan fingerprint density at radius 1 is 1.06 bits per heavy atom. The molecule has 0 radical (unpaired) electrons. The molecule has 0 spiro atoms. The van der Waals surface area contributed by atoms with Gasteiger partial charge in [-0.05, 0) is 48.3 Å². The molecule has 1 unspecified atom stereocenters. The van der Waals surface area contributed by atoms with E-state index < -0.39 is 17.7 Å². The number of hydrogen-bond acceptors (Lipinski definition) is 6. The Morgan fingerprint density at radius 2 is 1.74 bits per heavy atom. The van der Waals surface area contributed by atoms with E-state index in [1.807, 2.05) is 24.3 Å². The highest BCUT2D eigenvalue weighted by atomic mass is 16.7. The minimum absolute atomic E-state index is 0.0979. The van der Waals surface area contributed by atoms with E-state index in [0.717, 1.165) is 18.7 Å². The number of carbonyl (C=O) groups is 2. The number of nitrogens with zero attached hydrogens (tertiary/aromatic N) is 2. The Kier molecular flexibility index (Phi) is 6.93. The predicted molar refractivity (Wildman–Crippen MR) is 130 cm³/mol. The number of Topliss-reactive ketones (excluding diaryl/α,β-unsaturated/α-hetero) is 1. The van der Waals surface area contributed by atoms with Gasteiger partial charge in [0.2, 0.25) is 6.79 Å². The molecular weight excluding hydrogens is 432 g/mol. The Labute approximate surface area is 200 Å². The van der Waals surface area contributed by atoms with Crippen molar-refractivity contribution in [3.63, 3.8) is 0 Å². The number of likely N-dealkylation sites (N-methyl/N-ethyl adjacent to an activating group) is 1. The maximum atomic E-state index is 13.2. The van der Waals surface area contributed by atoms with Gasteiger partial charge in [0.25, 0.3) is 11.7 Å². The van der Waals surface area contributed by atoms with Gasteiger partial charge in [0, 0.05) is 18.7 Å². The normalized spacial score (nSPS) is 19.0. The monoisotopic (exact) mass is 464 g/mol. The first-order valence-electron chi connectivity index (χ1n) is 11.9. The van der Waals surface area contributed by atoms with Crippen LogP contribution in [-0.4, -0.2) is 59.6 Å². The van der Waals surface area contributed by atoms with Crippen LogP contribution >= 0.6 is 0 Å². The van der Waals surface area contributed by atoms with Gasteiger partial charge in [-0.3, -0.25) is 9.59 Å². The summed E-state index contributed by atoms with van der Waals surface area (Å²) in [7, 11) is 0. The van der Waals surface area contributed by atoms with Crippen LogP contribution in [-0.2, 0) is 9.59 Å². The van der Waals surface area contributed by atoms with Gasteiger partial charge in [0.05, 0.1) is 11.6 Å². The molecule has 1 N–H and O–H groups in total. The second kappa shape index (κ2) is 9.89. The first kappa shape index (κ1) is 23.8. The van der Waals surface area contributed by atoms with Gasteiger partial charge in [-0.25, -0.2) is 0 Å². The van der Waals surface area contributed by atoms with Gasteiger partial charge < -0.3 is 24.4 Å². The molecule has 2 aromatic rings. The van der Waals surface area contributed by atoms with Gasteiger partial charge in [0.15, 0.2) is 11.5 Å². The number of likely N-dealkylation sites (tertiary alicyclic amines) is 1. The molecule has 2 aliphatic rings. The summed E-state index contributed by atoms with van der Waals surface area (Å²) in [5, 5.41) is 11.3. The predicted octanol–water partition coefficient (Wildman–Crippen LogP) is 4.30. The maximum absolute atomic E-state index is 13.2. The minimum atomic E-state index is -0.673. The van der Waals surface area contributed by atoms with Crippen molar-refractivity contribution >= 4 is 17.4 Å². The molecule has 2 aliphatic heterocycles. The van der Waals surface area contributed by atoms with Crippen LogP contribution in [0.5, 0.6) is 11.5 Å². The second-order valence-corrected chi connectivity index (χ2v) is 8.91. The molecule has 1 saturated heterocycles. The van der Waals surface area contributed by atoms with E-state index in [-0.39, 0.29) is 18.1 Å². The van der Waals surface area contributed by atoms with E-state index in [4.69, 9.17) is 9.47 Å². The summed E-state index contributed by atoms with van der Waals surface area (Å²) in [4.78, 5) is 30.2. The third-order valence-electron chi connectivity index (χ3n) is 6.66. The van der Waals surface area contributed by atoms with Crippen LogP contribution in [0.4, 0.5) is 0 Å². The zero-order chi connectivity index (χ0) is 24.4. The third kappa shape index (κ3) is 4.40. The van der Waals surface area contributed by atoms with Crippen molar-refractivity contribution in [1.29, 1.82) is 0 Å². The Bertz CT molecular complexity index is 1100. The molecule has 7 heteroatoms. The Balaban J connectivity index is 1.78. The van der Waals surface area contributed by atoms with Crippen molar-refractivity contribution in [1.82, 2.24) is 9.80 Å². The standard InChI is InChI=1S/C27H32N2O5/c1-5-28(6-2)13-14-29-24(19-9-7-18(8-10-19)17(3)4)23(26(31)27(29)32)25(30)20-11-12-21-22(15-20)34-16-33-21/h7-12,15,17,24,30H,5-6,13-14,16H2,1-4H3. The average molecular weight is 465 g/mol. The highest BCUT2D eigenvalue weighted by Crippen LogP contribution is 2.41. The minimum Gasteiger partial charge on any atom is -0.507 e. The molecule has 1 amide bonds. The van der Waals surface area contributed by atoms with Crippen molar-refractivity contribution in [2.45, 2.75) is 39.7 Å². The van der Waals surface area contributed by atoms with Crippen LogP contribution in [0.1, 0.15) is 56.3 Å². The zero-order valence-electron chi connectivity index (χ0n) is 20.2. The summed E-state index contributed by atoms with van der Waals surface area (Å²) in [6.45, 7) is 11.2. The number of benzene rings is 2. The van der Waals surface area contributed by atoms with Crippen LogP contribution in [0.2, 0.25) is 0 Å². The van der Waals surface area contributed by atoms with Crippen LogP contribution in [0.15, 0.2) is 48.0 Å². The number of rotatable bonds is 8. The smallest absolute Gasteiger partial charge is 0.295 e. The van der Waals surface area contributed by atoms with Gasteiger partial charge in [-0.15, -0.1) is 0 Å². The Morgan fingerprint density at radius 3 is 2.38 bits per heavy atom. The van der Waals surface area contributed by atoms with Gasteiger partial charge in [-0.1, -0.05) is 52.0 Å². The molecule has 0 bridgehead atoms. The molecule has 180 valence electrons. The number of hydrogen-bond donors (Lipinski definition) is 1. The molecule has 0 aromatic heterocycles. The second-order valence-electron chi connectivity index (χ2n) is 8.91. The Hall–Kier alpha value is -3.32. The first-order valence-corrected chi connectivity index (χ1v) is 11.9. The molecule has 2 aromatic carbocycles. The fourth-order valence-corrected chi connectivity index (χ4v) is 4.51. The van der Waals surface area contributed by atoms with Crippen LogP contribution in [0.3, 0.4) is 0 Å². The van der Waals surface area contributed by atoms with E-state index in [1.165, 1.54) is 5.56 Å². The van der Waals surface area contributed by atoms with Crippen molar-refractivity contribution in [3.8, 4) is 11.5 Å². The highest BCUT2D eigenvalue weighted by Gasteiger charge is 2.46. The lowest BCUT2D eigenvalue weighted by Gasteiger charge is -2.28. The summed E-state index contributed by atoms with van der Waals surface area (Å²) in [5.41, 5.74) is 2.47. The van der Waals surface area contributed by atoms with Gasteiger partial charge >= 0.3 is 0 Å². The topological polar surface area (TPSA) is 79.3 Å². The summed E-state index contributed by atoms with van der Waals surface area (Å²) in [6.07, 6.45) is 0. The molecule has 1 atom stereocenters. The molecular formula is C27H32N2O5. The molecule has 0 aliphatic carbocycles. The van der Waals surface area contributed by atoms with Crippen LogP contribution in [0.25, 0.3) is 5.76 Å². The summed E-state index contributed by atoms with van der Waals surface area (Å²) >= 11 is 0. The van der Waals surface area contributed by atoms with E-state index in [2.05, 4.69) is 32.6 Å². The lowest BCUT2D eigenvalue weighted by atomic mass is 9.93. The fourth-order valence-electron chi connectivity index (χ4n) is 4.51. The van der Waals surface area contributed by atoms with Crippen molar-refractivity contribution < 1.29 is 24.2 Å². The number of ether oxygens (including phenoxy) is 2. The number of carbonyl (C=O) groups excluding carboxylic acids is 2. The number of fused-ring (bicyclic) bond motifs is 1. The van der Waals surface area contributed by atoms with E-state index in [0.29, 0.717) is 36.1 Å². The van der Waals surface area contributed by atoms with Crippen LogP contribution in [0, 0.1) is 0 Å². The molecule has 7 nitrogen and oxygen atoms in total. The zero-order valence-corrected chi connectivity index (χ0v) is 20.2. The number of aliphatic hydroxyl groups excluding tert-OH is 1. The van der Waals surface area contributed by atoms with Crippen molar-refractivity contribution in [2.24, 2.45) is 0 Å². The van der Waals surface area contributed by atoms with Crippen molar-refractivity contribution in [3.05, 3.63) is 64.7 Å². The fraction of sp³-hybridized carbons (Fsp3) is 0.407. The molecule has 1 fully saturated rings. The van der Waals surface area contributed by atoms with Gasteiger partial charge in [0.1, 0.15) is 5.76 Å². The lowest BCUT2D eigenvalue weighted by molar-refractivity contribution is -0.140. The van der Waals surface area contributed by atoms with Crippen LogP contribution < -0.4 is 9.47 Å². The lowest BCUT2D eigenvalue weighted by Crippen LogP contribution is -2.38. The van der Waals surface area contributed by atoms with E-state index in [9.17, 15) is 14.7 Å². The molecule has 34 heavy (non-hydrogen) atoms. The summed E-state index contributed by atoms with van der Waals surface area (Å²) in [6, 6.07) is 12.3. The molecule has 0 saturated carbocycles. The highest BCUT2D eigenvalue weighted by molar-refractivity contribution is 6.46. The SMILES string of the molecule is CCN(CC)CCN1C(=O)C(=O)C(=C(O)c2ccc3c(c2)OCO3)C1c1ccc(C(C)C)cc1. The average Bonchev–Trinajstić information content (AvgIpc) is 3.41. The quantitative estimate of drug-likeness (QED) is 0.356. The number of amides is 1. The maximum Gasteiger partial charge on any atom is 0.295 e. The van der Waals surface area contributed by atoms with Gasteiger partial charge in [-0.2, -0.15) is 0 Å². The molecule has 4 rings (SSSR count). The molecule has 2 heterocycles. The third-order valence-corrected chi connectivity index (χ3v) is 6.66.